The Morgan fingerprint density at radius 3 is 2.19 bits per heavy atom. The molecule has 0 amide bonds. The van der Waals surface area contributed by atoms with Crippen molar-refractivity contribution in [2.24, 2.45) is 0 Å². The second kappa shape index (κ2) is 6.07. The zero-order valence-corrected chi connectivity index (χ0v) is 11.3. The molecule has 0 bridgehead atoms. The van der Waals surface area contributed by atoms with Gasteiger partial charge < -0.3 is 0 Å². The summed E-state index contributed by atoms with van der Waals surface area (Å²) in [5.74, 6) is 0.402. The molecule has 3 nitrogen and oxygen atoms in total. The smallest absolute Gasteiger partial charge is 0.211 e. The summed E-state index contributed by atoms with van der Waals surface area (Å²) in [6.45, 7) is 0.288. The summed E-state index contributed by atoms with van der Waals surface area (Å²) in [5, 5.41) is 0.565. The van der Waals surface area contributed by atoms with Crippen LogP contribution in [0, 0.1) is 0 Å². The van der Waals surface area contributed by atoms with E-state index >= 15 is 0 Å². The van der Waals surface area contributed by atoms with Crippen LogP contribution in [0.15, 0.2) is 23.1 Å². The van der Waals surface area contributed by atoms with E-state index in [1.165, 1.54) is 18.2 Å². The zero-order valence-electron chi connectivity index (χ0n) is 8.21. The Morgan fingerprint density at radius 2 is 1.69 bits per heavy atom. The van der Waals surface area contributed by atoms with Crippen molar-refractivity contribution in [3.8, 4) is 0 Å². The lowest BCUT2D eigenvalue weighted by atomic mass is 10.4. The summed E-state index contributed by atoms with van der Waals surface area (Å²) >= 11 is 16.9. The van der Waals surface area contributed by atoms with Crippen LogP contribution < -0.4 is 4.72 Å². The molecule has 0 aromatic heterocycles. The Morgan fingerprint density at radius 1 is 1.12 bits per heavy atom. The van der Waals surface area contributed by atoms with E-state index in [2.05, 4.69) is 4.72 Å². The lowest BCUT2D eigenvalue weighted by molar-refractivity contribution is 0.581. The molecular formula is C9H10Cl3NO2S. The van der Waals surface area contributed by atoms with Crippen molar-refractivity contribution in [1.82, 2.24) is 4.72 Å². The van der Waals surface area contributed by atoms with Gasteiger partial charge in [0.15, 0.2) is 0 Å². The van der Waals surface area contributed by atoms with Crippen molar-refractivity contribution < 1.29 is 8.42 Å². The standard InChI is InChI=1S/C9H10Cl3NO2S/c10-2-1-3-13-16(14,15)9-5-7(11)4-8(12)6-9/h4-6,13H,1-3H2. The molecule has 0 spiro atoms. The molecule has 0 heterocycles. The van der Waals surface area contributed by atoms with Crippen molar-refractivity contribution in [3.05, 3.63) is 28.2 Å². The summed E-state index contributed by atoms with van der Waals surface area (Å²) in [6, 6.07) is 4.16. The molecule has 0 aliphatic rings. The van der Waals surface area contributed by atoms with E-state index in [1.807, 2.05) is 0 Å². The normalized spacial score (nSPS) is 11.7. The van der Waals surface area contributed by atoms with Gasteiger partial charge in [-0.1, -0.05) is 23.2 Å². The molecule has 0 aliphatic carbocycles. The van der Waals surface area contributed by atoms with Gasteiger partial charge in [0, 0.05) is 22.5 Å². The van der Waals surface area contributed by atoms with Crippen LogP contribution in [0.2, 0.25) is 10.0 Å². The first kappa shape index (κ1) is 14.1. The Labute approximate surface area is 110 Å². The molecule has 0 aliphatic heterocycles. The van der Waals surface area contributed by atoms with Gasteiger partial charge >= 0.3 is 0 Å². The molecule has 1 rings (SSSR count). The van der Waals surface area contributed by atoms with Gasteiger partial charge in [0.05, 0.1) is 4.90 Å². The Kier molecular flexibility index (Phi) is 5.34. The molecule has 1 N–H and O–H groups in total. The molecule has 0 radical (unpaired) electrons. The lowest BCUT2D eigenvalue weighted by Gasteiger charge is -2.06. The van der Waals surface area contributed by atoms with E-state index in [9.17, 15) is 8.42 Å². The maximum absolute atomic E-state index is 11.7. The third-order valence-corrected chi connectivity index (χ3v) is 3.89. The minimum absolute atomic E-state index is 0.0552. The molecule has 0 atom stereocenters. The van der Waals surface area contributed by atoms with Crippen LogP contribution in [0.5, 0.6) is 0 Å². The molecule has 1 aromatic carbocycles. The molecule has 7 heteroatoms. The minimum atomic E-state index is -3.56. The molecule has 90 valence electrons. The molecule has 1 aromatic rings. The molecular weight excluding hydrogens is 293 g/mol. The predicted molar refractivity (Wildman–Crippen MR) is 67.0 cm³/mol. The average Bonchev–Trinajstić information content (AvgIpc) is 2.16. The Hall–Kier alpha value is -0.000000000000000139. The van der Waals surface area contributed by atoms with Gasteiger partial charge in [-0.15, -0.1) is 11.6 Å². The third-order valence-electron chi connectivity index (χ3n) is 1.75. The maximum Gasteiger partial charge on any atom is 0.240 e. The highest BCUT2D eigenvalue weighted by Crippen LogP contribution is 2.22. The second-order valence-corrected chi connectivity index (χ2v) is 6.06. The molecule has 0 unspecified atom stereocenters. The van der Waals surface area contributed by atoms with Crippen LogP contribution >= 0.6 is 34.8 Å². The van der Waals surface area contributed by atoms with E-state index in [0.717, 1.165) is 0 Å². The van der Waals surface area contributed by atoms with E-state index in [1.54, 1.807) is 0 Å². The first-order valence-corrected chi connectivity index (χ1v) is 7.25. The van der Waals surface area contributed by atoms with E-state index in [-0.39, 0.29) is 21.5 Å². The second-order valence-electron chi connectivity index (χ2n) is 3.05. The molecule has 0 saturated carbocycles. The number of hydrogen-bond acceptors (Lipinski definition) is 2. The van der Waals surface area contributed by atoms with Crippen molar-refractivity contribution >= 4 is 44.8 Å². The van der Waals surface area contributed by atoms with E-state index in [4.69, 9.17) is 34.8 Å². The van der Waals surface area contributed by atoms with E-state index < -0.39 is 10.0 Å². The van der Waals surface area contributed by atoms with Crippen LogP contribution in [-0.4, -0.2) is 20.8 Å². The quantitative estimate of drug-likeness (QED) is 0.671. The van der Waals surface area contributed by atoms with Crippen LogP contribution in [-0.2, 0) is 10.0 Å². The van der Waals surface area contributed by atoms with Gasteiger partial charge in [-0.05, 0) is 24.6 Å². The monoisotopic (exact) mass is 301 g/mol. The number of nitrogens with one attached hydrogen (secondary N) is 1. The first-order valence-electron chi connectivity index (χ1n) is 4.47. The van der Waals surface area contributed by atoms with Crippen molar-refractivity contribution in [2.75, 3.05) is 12.4 Å². The lowest BCUT2D eigenvalue weighted by Crippen LogP contribution is -2.25. The third kappa shape index (κ3) is 4.11. The Balaban J connectivity index is 2.89. The minimum Gasteiger partial charge on any atom is -0.211 e. The first-order chi connectivity index (χ1) is 7.45. The van der Waals surface area contributed by atoms with Crippen molar-refractivity contribution in [3.63, 3.8) is 0 Å². The number of hydrogen-bond donors (Lipinski definition) is 1. The van der Waals surface area contributed by atoms with Gasteiger partial charge in [-0.3, -0.25) is 0 Å². The summed E-state index contributed by atoms with van der Waals surface area (Å²) in [6.07, 6.45) is 0.565. The summed E-state index contributed by atoms with van der Waals surface area (Å²) in [7, 11) is -3.56. The SMILES string of the molecule is O=S(=O)(NCCCCl)c1cc(Cl)cc(Cl)c1. The van der Waals surface area contributed by atoms with Crippen molar-refractivity contribution in [1.29, 1.82) is 0 Å². The fraction of sp³-hybridized carbons (Fsp3) is 0.333. The number of alkyl halides is 1. The van der Waals surface area contributed by atoms with Crippen LogP contribution in [0.1, 0.15) is 6.42 Å². The van der Waals surface area contributed by atoms with Crippen LogP contribution in [0.25, 0.3) is 0 Å². The fourth-order valence-electron chi connectivity index (χ4n) is 1.04. The number of benzene rings is 1. The van der Waals surface area contributed by atoms with Crippen molar-refractivity contribution in [2.45, 2.75) is 11.3 Å². The maximum atomic E-state index is 11.7. The Bertz CT molecular complexity index is 442. The highest BCUT2D eigenvalue weighted by Gasteiger charge is 2.14. The number of rotatable bonds is 5. The fourth-order valence-corrected chi connectivity index (χ4v) is 2.97. The highest BCUT2D eigenvalue weighted by molar-refractivity contribution is 7.89. The zero-order chi connectivity index (χ0) is 12.2. The molecule has 16 heavy (non-hydrogen) atoms. The van der Waals surface area contributed by atoms with Gasteiger partial charge in [0.25, 0.3) is 0 Å². The molecule has 0 fully saturated rings. The van der Waals surface area contributed by atoms with Crippen LogP contribution in [0.4, 0.5) is 0 Å². The van der Waals surface area contributed by atoms with E-state index in [0.29, 0.717) is 12.3 Å². The highest BCUT2D eigenvalue weighted by atomic mass is 35.5. The predicted octanol–water partition coefficient (Wildman–Crippen LogP) is 2.90. The largest absolute Gasteiger partial charge is 0.240 e. The van der Waals surface area contributed by atoms with Gasteiger partial charge in [0.1, 0.15) is 0 Å². The summed E-state index contributed by atoms with van der Waals surface area (Å²) in [5.41, 5.74) is 0. The molecule has 0 saturated heterocycles. The topological polar surface area (TPSA) is 46.2 Å². The summed E-state index contributed by atoms with van der Waals surface area (Å²) in [4.78, 5) is 0.0552. The summed E-state index contributed by atoms with van der Waals surface area (Å²) < 4.78 is 25.9. The average molecular weight is 303 g/mol. The number of sulfonamides is 1. The van der Waals surface area contributed by atoms with Crippen LogP contribution in [0.3, 0.4) is 0 Å². The van der Waals surface area contributed by atoms with Gasteiger partial charge in [0.2, 0.25) is 10.0 Å². The van der Waals surface area contributed by atoms with Gasteiger partial charge in [-0.2, -0.15) is 0 Å². The number of halogens is 3. The van der Waals surface area contributed by atoms with Gasteiger partial charge in [-0.25, -0.2) is 13.1 Å².